The summed E-state index contributed by atoms with van der Waals surface area (Å²) in [6.07, 6.45) is 6.63. The molecular formula is C24H36N2O2. The number of piperidine rings is 1. The fraction of sp³-hybridized carbons (Fsp3) is 0.708. The van der Waals surface area contributed by atoms with E-state index in [-0.39, 0.29) is 17.9 Å². The Kier molecular flexibility index (Phi) is 5.80. The van der Waals surface area contributed by atoms with E-state index in [9.17, 15) is 9.90 Å². The minimum absolute atomic E-state index is 0.0287. The number of benzene rings is 1. The molecule has 1 heterocycles. The van der Waals surface area contributed by atoms with Crippen molar-refractivity contribution >= 4 is 5.91 Å². The lowest BCUT2D eigenvalue weighted by molar-refractivity contribution is -0.147. The first-order chi connectivity index (χ1) is 13.5. The van der Waals surface area contributed by atoms with Crippen LogP contribution >= 0.6 is 0 Å². The van der Waals surface area contributed by atoms with Crippen LogP contribution in [-0.2, 0) is 10.4 Å². The van der Waals surface area contributed by atoms with Crippen LogP contribution in [0, 0.1) is 23.7 Å². The van der Waals surface area contributed by atoms with Gasteiger partial charge in [-0.2, -0.15) is 0 Å². The number of hydrogen-bond donors (Lipinski definition) is 2. The number of aliphatic hydroxyl groups is 1. The second-order valence-electron chi connectivity index (χ2n) is 9.74. The highest BCUT2D eigenvalue weighted by atomic mass is 16.3. The van der Waals surface area contributed by atoms with Gasteiger partial charge in [-0.3, -0.25) is 4.79 Å². The van der Waals surface area contributed by atoms with Crippen LogP contribution in [0.3, 0.4) is 0 Å². The molecule has 4 nitrogen and oxygen atoms in total. The fourth-order valence-electron chi connectivity index (χ4n) is 5.58. The third kappa shape index (κ3) is 3.86. The third-order valence-corrected chi connectivity index (χ3v) is 7.33. The quantitative estimate of drug-likeness (QED) is 0.721. The van der Waals surface area contributed by atoms with Gasteiger partial charge in [0.1, 0.15) is 0 Å². The van der Waals surface area contributed by atoms with Crippen LogP contribution in [0.5, 0.6) is 0 Å². The smallest absolute Gasteiger partial charge is 0.257 e. The number of amides is 1. The molecule has 0 spiro atoms. The summed E-state index contributed by atoms with van der Waals surface area (Å²) >= 11 is 0. The van der Waals surface area contributed by atoms with Crippen molar-refractivity contribution in [3.63, 3.8) is 0 Å². The molecule has 0 aromatic heterocycles. The van der Waals surface area contributed by atoms with E-state index in [1.807, 2.05) is 30.3 Å². The highest BCUT2D eigenvalue weighted by Gasteiger charge is 2.58. The standard InChI is InChI=1S/C24H36N2O2/c1-17(2)9-8-14-26-15-20-21(16-26)22(20)25-23(27)24(28,19-12-6-7-13-19)18-10-4-3-5-11-18/h3-5,10-11,17,19-22,28H,6-9,12-16H2,1-2H3,(H,25,27)/t20-,21?,22?,24?/m0/s1. The van der Waals surface area contributed by atoms with Gasteiger partial charge in [-0.15, -0.1) is 0 Å². The Morgan fingerprint density at radius 3 is 2.43 bits per heavy atom. The maximum Gasteiger partial charge on any atom is 0.257 e. The Balaban J connectivity index is 1.36. The monoisotopic (exact) mass is 384 g/mol. The molecule has 1 saturated heterocycles. The molecule has 4 rings (SSSR count). The largest absolute Gasteiger partial charge is 0.375 e. The van der Waals surface area contributed by atoms with Crippen molar-refractivity contribution in [3.05, 3.63) is 35.9 Å². The molecule has 28 heavy (non-hydrogen) atoms. The van der Waals surface area contributed by atoms with Crippen molar-refractivity contribution in [2.24, 2.45) is 23.7 Å². The molecule has 3 unspecified atom stereocenters. The van der Waals surface area contributed by atoms with E-state index in [0.29, 0.717) is 11.8 Å². The molecule has 2 N–H and O–H groups in total. The summed E-state index contributed by atoms with van der Waals surface area (Å²) in [6.45, 7) is 7.94. The van der Waals surface area contributed by atoms with E-state index in [4.69, 9.17) is 0 Å². The molecule has 1 aromatic carbocycles. The van der Waals surface area contributed by atoms with Crippen molar-refractivity contribution in [3.8, 4) is 0 Å². The van der Waals surface area contributed by atoms with E-state index in [2.05, 4.69) is 24.1 Å². The molecule has 0 radical (unpaired) electrons. The number of fused-ring (bicyclic) bond motifs is 1. The maximum absolute atomic E-state index is 13.3. The van der Waals surface area contributed by atoms with Gasteiger partial charge in [0.25, 0.3) is 5.91 Å². The van der Waals surface area contributed by atoms with E-state index in [1.54, 1.807) is 0 Å². The van der Waals surface area contributed by atoms with Gasteiger partial charge in [0.2, 0.25) is 0 Å². The van der Waals surface area contributed by atoms with Gasteiger partial charge in [-0.05, 0) is 55.5 Å². The number of carbonyl (C=O) groups is 1. The number of nitrogens with one attached hydrogen (secondary N) is 1. The molecule has 154 valence electrons. The zero-order valence-corrected chi connectivity index (χ0v) is 17.4. The molecule has 3 aliphatic rings. The lowest BCUT2D eigenvalue weighted by atomic mass is 9.79. The zero-order valence-electron chi connectivity index (χ0n) is 17.4. The molecule has 3 fully saturated rings. The maximum atomic E-state index is 13.3. The van der Waals surface area contributed by atoms with Gasteiger partial charge in [0.15, 0.2) is 5.60 Å². The van der Waals surface area contributed by atoms with Crippen molar-refractivity contribution < 1.29 is 9.90 Å². The van der Waals surface area contributed by atoms with Gasteiger partial charge in [-0.25, -0.2) is 0 Å². The fourth-order valence-corrected chi connectivity index (χ4v) is 5.58. The van der Waals surface area contributed by atoms with Crippen LogP contribution in [-0.4, -0.2) is 41.6 Å². The summed E-state index contributed by atoms with van der Waals surface area (Å²) in [6, 6.07) is 9.85. The summed E-state index contributed by atoms with van der Waals surface area (Å²) in [7, 11) is 0. The predicted octanol–water partition coefficient (Wildman–Crippen LogP) is 3.55. The van der Waals surface area contributed by atoms with Crippen LogP contribution in [0.25, 0.3) is 0 Å². The summed E-state index contributed by atoms with van der Waals surface area (Å²) in [5.41, 5.74) is -0.633. The van der Waals surface area contributed by atoms with Crippen LogP contribution < -0.4 is 5.32 Å². The van der Waals surface area contributed by atoms with E-state index < -0.39 is 5.60 Å². The summed E-state index contributed by atoms with van der Waals surface area (Å²) < 4.78 is 0. The lowest BCUT2D eigenvalue weighted by Crippen LogP contribution is -2.51. The van der Waals surface area contributed by atoms with E-state index in [1.165, 1.54) is 19.4 Å². The average molecular weight is 385 g/mol. The SMILES string of the molecule is CC(C)CCCN1CC2C(NC(=O)C(O)(c3ccccc3)C3CCCC3)[C@H]2C1. The molecule has 0 bridgehead atoms. The van der Waals surface area contributed by atoms with Crippen molar-refractivity contribution in [2.45, 2.75) is 64.0 Å². The minimum atomic E-state index is -1.38. The first-order valence-corrected chi connectivity index (χ1v) is 11.3. The average Bonchev–Trinajstić information content (AvgIpc) is 3.11. The summed E-state index contributed by atoms with van der Waals surface area (Å²) in [5.74, 6) is 1.78. The van der Waals surface area contributed by atoms with Gasteiger partial charge >= 0.3 is 0 Å². The van der Waals surface area contributed by atoms with E-state index >= 15 is 0 Å². The minimum Gasteiger partial charge on any atom is -0.375 e. The molecule has 1 aromatic rings. The van der Waals surface area contributed by atoms with Crippen LogP contribution in [0.2, 0.25) is 0 Å². The second-order valence-corrected chi connectivity index (χ2v) is 9.74. The summed E-state index contributed by atoms with van der Waals surface area (Å²) in [5, 5.41) is 14.8. The number of nitrogens with zero attached hydrogens (tertiary/aromatic N) is 1. The second kappa shape index (κ2) is 8.16. The van der Waals surface area contributed by atoms with E-state index in [0.717, 1.165) is 50.3 Å². The first-order valence-electron chi connectivity index (χ1n) is 11.3. The normalized spacial score (nSPS) is 29.6. The molecular weight excluding hydrogens is 348 g/mol. The predicted molar refractivity (Wildman–Crippen MR) is 112 cm³/mol. The third-order valence-electron chi connectivity index (χ3n) is 7.33. The topological polar surface area (TPSA) is 52.6 Å². The van der Waals surface area contributed by atoms with Gasteiger partial charge in [0.05, 0.1) is 0 Å². The molecule has 1 amide bonds. The zero-order chi connectivity index (χ0) is 19.7. The van der Waals surface area contributed by atoms with Crippen LogP contribution in [0.4, 0.5) is 0 Å². The van der Waals surface area contributed by atoms with Crippen LogP contribution in [0.15, 0.2) is 30.3 Å². The van der Waals surface area contributed by atoms with Crippen molar-refractivity contribution in [1.29, 1.82) is 0 Å². The number of likely N-dealkylation sites (tertiary alicyclic amines) is 1. The Hall–Kier alpha value is -1.39. The first kappa shape index (κ1) is 19.9. The molecule has 1 aliphatic heterocycles. The highest BCUT2D eigenvalue weighted by molar-refractivity contribution is 5.87. The molecule has 2 saturated carbocycles. The van der Waals surface area contributed by atoms with Gasteiger partial charge in [0, 0.05) is 25.0 Å². The number of rotatable bonds is 8. The van der Waals surface area contributed by atoms with Crippen molar-refractivity contribution in [1.82, 2.24) is 10.2 Å². The Labute approximate surface area is 169 Å². The Bertz CT molecular complexity index is 658. The Morgan fingerprint density at radius 1 is 1.18 bits per heavy atom. The van der Waals surface area contributed by atoms with Gasteiger partial charge in [-0.1, -0.05) is 57.0 Å². The van der Waals surface area contributed by atoms with Crippen LogP contribution in [0.1, 0.15) is 57.9 Å². The Morgan fingerprint density at radius 2 is 1.82 bits per heavy atom. The number of carbonyl (C=O) groups excluding carboxylic acids is 1. The number of hydrogen-bond acceptors (Lipinski definition) is 3. The van der Waals surface area contributed by atoms with Gasteiger partial charge < -0.3 is 15.3 Å². The molecule has 4 heteroatoms. The lowest BCUT2D eigenvalue weighted by Gasteiger charge is -2.33. The molecule has 4 atom stereocenters. The van der Waals surface area contributed by atoms with Crippen molar-refractivity contribution in [2.75, 3.05) is 19.6 Å². The summed E-state index contributed by atoms with van der Waals surface area (Å²) in [4.78, 5) is 15.8. The highest BCUT2D eigenvalue weighted by Crippen LogP contribution is 2.47. The molecule has 2 aliphatic carbocycles.